The largest absolute Gasteiger partial charge is 0.478 e. The standard InChI is InChI=1S/C10H14O5/c1-10(2)14-7-4-5(9(12)13)3-6(11)8(7)15-10/h4,6-8,11H,3H2,1-2H3,(H,12,13)/t6-,7+,8+/m1/s1. The Labute approximate surface area is 87.3 Å². The zero-order valence-electron chi connectivity index (χ0n) is 8.64. The lowest BCUT2D eigenvalue weighted by Gasteiger charge is -2.25. The fourth-order valence-corrected chi connectivity index (χ4v) is 2.01. The quantitative estimate of drug-likeness (QED) is 0.655. The highest BCUT2D eigenvalue weighted by molar-refractivity contribution is 5.87. The van der Waals surface area contributed by atoms with E-state index >= 15 is 0 Å². The van der Waals surface area contributed by atoms with Crippen molar-refractivity contribution in [1.29, 1.82) is 0 Å². The summed E-state index contributed by atoms with van der Waals surface area (Å²) >= 11 is 0. The van der Waals surface area contributed by atoms with Gasteiger partial charge in [-0.1, -0.05) is 0 Å². The van der Waals surface area contributed by atoms with Crippen molar-refractivity contribution in [2.45, 2.75) is 44.4 Å². The molecule has 0 aromatic heterocycles. The van der Waals surface area contributed by atoms with Gasteiger partial charge in [0.25, 0.3) is 0 Å². The van der Waals surface area contributed by atoms with Crippen LogP contribution in [0.3, 0.4) is 0 Å². The number of hydrogen-bond donors (Lipinski definition) is 2. The molecule has 2 N–H and O–H groups in total. The van der Waals surface area contributed by atoms with Crippen LogP contribution < -0.4 is 0 Å². The fourth-order valence-electron chi connectivity index (χ4n) is 2.01. The Morgan fingerprint density at radius 3 is 2.80 bits per heavy atom. The van der Waals surface area contributed by atoms with E-state index < -0.39 is 30.1 Å². The molecule has 3 atom stereocenters. The highest BCUT2D eigenvalue weighted by Crippen LogP contribution is 2.35. The van der Waals surface area contributed by atoms with Crippen LogP contribution in [-0.4, -0.2) is 40.3 Å². The van der Waals surface area contributed by atoms with Gasteiger partial charge in [0.15, 0.2) is 5.79 Å². The van der Waals surface area contributed by atoms with Gasteiger partial charge in [-0.25, -0.2) is 4.79 Å². The van der Waals surface area contributed by atoms with E-state index in [1.165, 1.54) is 6.08 Å². The third-order valence-electron chi connectivity index (χ3n) is 2.61. The molecule has 84 valence electrons. The zero-order chi connectivity index (χ0) is 11.2. The van der Waals surface area contributed by atoms with E-state index in [-0.39, 0.29) is 12.0 Å². The summed E-state index contributed by atoms with van der Waals surface area (Å²) in [5.74, 6) is -1.78. The Bertz CT molecular complexity index is 320. The van der Waals surface area contributed by atoms with Crippen molar-refractivity contribution < 1.29 is 24.5 Å². The second kappa shape index (κ2) is 3.30. The Hall–Kier alpha value is -0.910. The third-order valence-corrected chi connectivity index (χ3v) is 2.61. The van der Waals surface area contributed by atoms with Crippen molar-refractivity contribution in [2.24, 2.45) is 0 Å². The molecule has 0 bridgehead atoms. The van der Waals surface area contributed by atoms with Crippen molar-refractivity contribution in [3.63, 3.8) is 0 Å². The van der Waals surface area contributed by atoms with Gasteiger partial charge in [-0.05, 0) is 19.9 Å². The van der Waals surface area contributed by atoms with Crippen molar-refractivity contribution in [1.82, 2.24) is 0 Å². The van der Waals surface area contributed by atoms with Gasteiger partial charge in [0.1, 0.15) is 12.2 Å². The first-order valence-electron chi connectivity index (χ1n) is 4.87. The van der Waals surface area contributed by atoms with E-state index in [0.717, 1.165) is 0 Å². The number of aliphatic carboxylic acids is 1. The second-order valence-corrected chi connectivity index (χ2v) is 4.33. The number of ether oxygens (including phenoxy) is 2. The van der Waals surface area contributed by atoms with Gasteiger partial charge < -0.3 is 19.7 Å². The molecule has 0 aromatic rings. The van der Waals surface area contributed by atoms with Crippen LogP contribution in [0.15, 0.2) is 11.6 Å². The van der Waals surface area contributed by atoms with Crippen molar-refractivity contribution in [2.75, 3.05) is 0 Å². The Morgan fingerprint density at radius 2 is 2.20 bits per heavy atom. The normalized spacial score (nSPS) is 38.3. The SMILES string of the molecule is CC1(C)O[C@H]2[C@H](O)CC(C(=O)O)=C[C@@H]2O1. The minimum Gasteiger partial charge on any atom is -0.478 e. The van der Waals surface area contributed by atoms with Crippen molar-refractivity contribution >= 4 is 5.97 Å². The van der Waals surface area contributed by atoms with Gasteiger partial charge in [0.05, 0.1) is 6.10 Å². The number of carboxylic acids is 1. The number of aliphatic hydroxyl groups is 1. The molecule has 1 saturated heterocycles. The maximum atomic E-state index is 10.8. The molecule has 5 nitrogen and oxygen atoms in total. The number of carboxylic acid groups (broad SMARTS) is 1. The molecular formula is C10H14O5. The van der Waals surface area contributed by atoms with Crippen LogP contribution in [0.25, 0.3) is 0 Å². The molecule has 2 rings (SSSR count). The summed E-state index contributed by atoms with van der Waals surface area (Å²) in [7, 11) is 0. The van der Waals surface area contributed by atoms with Crippen LogP contribution in [0.5, 0.6) is 0 Å². The number of rotatable bonds is 1. The summed E-state index contributed by atoms with van der Waals surface area (Å²) in [6.45, 7) is 3.48. The lowest BCUT2D eigenvalue weighted by Crippen LogP contribution is -2.39. The minimum absolute atomic E-state index is 0.107. The van der Waals surface area contributed by atoms with E-state index in [4.69, 9.17) is 14.6 Å². The topological polar surface area (TPSA) is 76.0 Å². The number of fused-ring (bicyclic) bond motifs is 1. The molecule has 1 aliphatic heterocycles. The van der Waals surface area contributed by atoms with Crippen molar-refractivity contribution in [3.8, 4) is 0 Å². The first-order chi connectivity index (χ1) is 6.89. The maximum Gasteiger partial charge on any atom is 0.331 e. The summed E-state index contributed by atoms with van der Waals surface area (Å²) in [5.41, 5.74) is 0.185. The zero-order valence-corrected chi connectivity index (χ0v) is 8.64. The summed E-state index contributed by atoms with van der Waals surface area (Å²) < 4.78 is 11.0. The van der Waals surface area contributed by atoms with Crippen molar-refractivity contribution in [3.05, 3.63) is 11.6 Å². The lowest BCUT2D eigenvalue weighted by atomic mass is 9.92. The van der Waals surface area contributed by atoms with Gasteiger partial charge in [-0.2, -0.15) is 0 Å². The maximum absolute atomic E-state index is 10.8. The average Bonchev–Trinajstić information content (AvgIpc) is 2.39. The fraction of sp³-hybridized carbons (Fsp3) is 0.700. The summed E-state index contributed by atoms with van der Waals surface area (Å²) in [6.07, 6.45) is -0.101. The molecule has 1 aliphatic carbocycles. The summed E-state index contributed by atoms with van der Waals surface area (Å²) in [5, 5.41) is 18.6. The Morgan fingerprint density at radius 1 is 1.53 bits per heavy atom. The average molecular weight is 214 g/mol. The van der Waals surface area contributed by atoms with Gasteiger partial charge in [0, 0.05) is 12.0 Å². The van der Waals surface area contributed by atoms with E-state index in [0.29, 0.717) is 0 Å². The molecule has 0 spiro atoms. The first kappa shape index (κ1) is 10.6. The van der Waals surface area contributed by atoms with Gasteiger partial charge >= 0.3 is 5.97 Å². The number of carbonyl (C=O) groups is 1. The molecule has 0 unspecified atom stereocenters. The molecule has 0 saturated carbocycles. The lowest BCUT2D eigenvalue weighted by molar-refractivity contribution is -0.152. The predicted octanol–water partition coefficient (Wildman–Crippen LogP) is 0.282. The van der Waals surface area contributed by atoms with Gasteiger partial charge in [-0.3, -0.25) is 0 Å². The summed E-state index contributed by atoms with van der Waals surface area (Å²) in [6, 6.07) is 0. The summed E-state index contributed by atoms with van der Waals surface area (Å²) in [4.78, 5) is 10.8. The smallest absolute Gasteiger partial charge is 0.331 e. The molecule has 1 fully saturated rings. The van der Waals surface area contributed by atoms with Crippen LogP contribution in [-0.2, 0) is 14.3 Å². The molecule has 0 amide bonds. The van der Waals surface area contributed by atoms with Crippen LogP contribution in [0.1, 0.15) is 20.3 Å². The number of aliphatic hydroxyl groups excluding tert-OH is 1. The van der Waals surface area contributed by atoms with E-state index in [1.54, 1.807) is 13.8 Å². The van der Waals surface area contributed by atoms with Crippen LogP contribution in [0.4, 0.5) is 0 Å². The predicted molar refractivity (Wildman–Crippen MR) is 50.2 cm³/mol. The van der Waals surface area contributed by atoms with Gasteiger partial charge in [-0.15, -0.1) is 0 Å². The second-order valence-electron chi connectivity index (χ2n) is 4.33. The third kappa shape index (κ3) is 1.90. The van der Waals surface area contributed by atoms with E-state index in [1.807, 2.05) is 0 Å². The van der Waals surface area contributed by atoms with Crippen LogP contribution in [0.2, 0.25) is 0 Å². The first-order valence-corrected chi connectivity index (χ1v) is 4.87. The van der Waals surface area contributed by atoms with Crippen LogP contribution in [0, 0.1) is 0 Å². The monoisotopic (exact) mass is 214 g/mol. The van der Waals surface area contributed by atoms with E-state index in [9.17, 15) is 9.90 Å². The molecular weight excluding hydrogens is 200 g/mol. The Kier molecular flexibility index (Phi) is 2.33. The number of hydrogen-bond acceptors (Lipinski definition) is 4. The minimum atomic E-state index is -1.01. The molecule has 0 radical (unpaired) electrons. The molecule has 0 aromatic carbocycles. The Balaban J connectivity index is 2.24. The highest BCUT2D eigenvalue weighted by Gasteiger charge is 2.46. The molecule has 1 heterocycles. The molecule has 15 heavy (non-hydrogen) atoms. The van der Waals surface area contributed by atoms with E-state index in [2.05, 4.69) is 0 Å². The van der Waals surface area contributed by atoms with Gasteiger partial charge in [0.2, 0.25) is 0 Å². The highest BCUT2D eigenvalue weighted by atomic mass is 16.8. The molecule has 5 heteroatoms. The molecule has 2 aliphatic rings. The van der Waals surface area contributed by atoms with Crippen LogP contribution >= 0.6 is 0 Å².